The molecule has 0 aromatic rings. The van der Waals surface area contributed by atoms with Crippen LogP contribution in [0.3, 0.4) is 0 Å². The summed E-state index contributed by atoms with van der Waals surface area (Å²) in [6.45, 7) is 3.54. The molecule has 0 amide bonds. The quantitative estimate of drug-likeness (QED) is 0.555. The third-order valence-corrected chi connectivity index (χ3v) is 2.24. The summed E-state index contributed by atoms with van der Waals surface area (Å²) in [6, 6.07) is 0.305. The Bertz CT molecular complexity index is 124. The second-order valence-corrected chi connectivity index (χ2v) is 3.06. The molecule has 2 nitrogen and oxygen atoms in total. The lowest BCUT2D eigenvalue weighted by molar-refractivity contribution is 0.155. The normalized spacial score (nSPS) is 35.8. The molecule has 1 aliphatic carbocycles. The van der Waals surface area contributed by atoms with E-state index in [0.29, 0.717) is 12.0 Å². The van der Waals surface area contributed by atoms with E-state index in [1.807, 2.05) is 0 Å². The van der Waals surface area contributed by atoms with Gasteiger partial charge in [-0.3, -0.25) is 0 Å². The Kier molecular flexibility index (Phi) is 2.46. The van der Waals surface area contributed by atoms with Crippen molar-refractivity contribution in [3.63, 3.8) is 0 Å². The van der Waals surface area contributed by atoms with Crippen LogP contribution in [0.2, 0.25) is 0 Å². The van der Waals surface area contributed by atoms with Crippen LogP contribution in [0.15, 0.2) is 12.7 Å². The van der Waals surface area contributed by atoms with Crippen LogP contribution in [0.1, 0.15) is 19.3 Å². The van der Waals surface area contributed by atoms with Gasteiger partial charge in [0.2, 0.25) is 0 Å². The Labute approximate surface area is 61.7 Å². The summed E-state index contributed by atoms with van der Waals surface area (Å²) in [7, 11) is 0. The van der Waals surface area contributed by atoms with Crippen molar-refractivity contribution < 1.29 is 5.11 Å². The molecule has 0 heterocycles. The van der Waals surface area contributed by atoms with Gasteiger partial charge in [0.1, 0.15) is 0 Å². The predicted octanol–water partition coefficient (Wildman–Crippen LogP) is 0.661. The maximum atomic E-state index is 9.30. The third kappa shape index (κ3) is 1.58. The van der Waals surface area contributed by atoms with Crippen molar-refractivity contribution in [1.82, 2.24) is 0 Å². The van der Waals surface area contributed by atoms with Crippen LogP contribution < -0.4 is 5.73 Å². The van der Waals surface area contributed by atoms with Crippen LogP contribution in [-0.4, -0.2) is 17.3 Å². The fourth-order valence-corrected chi connectivity index (χ4v) is 1.56. The van der Waals surface area contributed by atoms with Crippen molar-refractivity contribution in [1.29, 1.82) is 0 Å². The predicted molar refractivity (Wildman–Crippen MR) is 41.5 cm³/mol. The molecule has 3 N–H and O–H groups in total. The molecule has 0 spiro atoms. The zero-order valence-corrected chi connectivity index (χ0v) is 6.16. The first-order valence-electron chi connectivity index (χ1n) is 3.80. The van der Waals surface area contributed by atoms with Crippen molar-refractivity contribution in [2.45, 2.75) is 31.4 Å². The van der Waals surface area contributed by atoms with Crippen LogP contribution in [0.5, 0.6) is 0 Å². The Morgan fingerprint density at radius 1 is 1.60 bits per heavy atom. The lowest BCUT2D eigenvalue weighted by atomic mass is 10.0. The van der Waals surface area contributed by atoms with Gasteiger partial charge in [0.15, 0.2) is 0 Å². The summed E-state index contributed by atoms with van der Waals surface area (Å²) in [5, 5.41) is 9.30. The van der Waals surface area contributed by atoms with Gasteiger partial charge in [-0.1, -0.05) is 6.08 Å². The molecule has 0 aliphatic heterocycles. The van der Waals surface area contributed by atoms with E-state index in [-0.39, 0.29) is 6.10 Å². The van der Waals surface area contributed by atoms with Gasteiger partial charge in [0.05, 0.1) is 6.10 Å². The summed E-state index contributed by atoms with van der Waals surface area (Å²) in [4.78, 5) is 0. The molecule has 1 fully saturated rings. The topological polar surface area (TPSA) is 46.2 Å². The van der Waals surface area contributed by atoms with Crippen molar-refractivity contribution >= 4 is 0 Å². The minimum atomic E-state index is -0.339. The van der Waals surface area contributed by atoms with Crippen LogP contribution in [0.25, 0.3) is 0 Å². The Hall–Kier alpha value is -0.340. The van der Waals surface area contributed by atoms with E-state index in [0.717, 1.165) is 19.3 Å². The molecule has 2 heteroatoms. The molecular weight excluding hydrogens is 126 g/mol. The van der Waals surface area contributed by atoms with Crippen LogP contribution in [0, 0.1) is 5.92 Å². The molecule has 1 rings (SSSR count). The molecule has 10 heavy (non-hydrogen) atoms. The molecule has 0 bridgehead atoms. The molecule has 1 aliphatic rings. The average molecular weight is 141 g/mol. The van der Waals surface area contributed by atoms with Crippen LogP contribution >= 0.6 is 0 Å². The van der Waals surface area contributed by atoms with E-state index in [4.69, 9.17) is 5.73 Å². The Morgan fingerprint density at radius 2 is 2.30 bits per heavy atom. The molecular formula is C8H15NO. The van der Waals surface area contributed by atoms with Gasteiger partial charge in [0.25, 0.3) is 0 Å². The lowest BCUT2D eigenvalue weighted by Gasteiger charge is -2.12. The van der Waals surface area contributed by atoms with Gasteiger partial charge in [-0.15, -0.1) is 6.58 Å². The standard InChI is InChI=1S/C8H15NO/c1-2-8(10)6-3-4-7(9)5-6/h2,6-8,10H,1,3-5,9H2. The molecule has 58 valence electrons. The summed E-state index contributed by atoms with van der Waals surface area (Å²) < 4.78 is 0. The van der Waals surface area contributed by atoms with E-state index < -0.39 is 0 Å². The minimum Gasteiger partial charge on any atom is -0.389 e. The fraction of sp³-hybridized carbons (Fsp3) is 0.750. The zero-order valence-electron chi connectivity index (χ0n) is 6.16. The van der Waals surface area contributed by atoms with Gasteiger partial charge in [-0.2, -0.15) is 0 Å². The van der Waals surface area contributed by atoms with E-state index >= 15 is 0 Å². The highest BCUT2D eigenvalue weighted by Gasteiger charge is 2.25. The van der Waals surface area contributed by atoms with E-state index in [1.54, 1.807) is 6.08 Å². The second kappa shape index (κ2) is 3.17. The van der Waals surface area contributed by atoms with Crippen molar-refractivity contribution in [3.8, 4) is 0 Å². The average Bonchev–Trinajstić information content (AvgIpc) is 2.34. The Balaban J connectivity index is 2.36. The Morgan fingerprint density at radius 3 is 2.70 bits per heavy atom. The number of rotatable bonds is 2. The molecule has 3 atom stereocenters. The maximum absolute atomic E-state index is 9.30. The number of hydrogen-bond donors (Lipinski definition) is 2. The second-order valence-electron chi connectivity index (χ2n) is 3.06. The van der Waals surface area contributed by atoms with E-state index in [2.05, 4.69) is 6.58 Å². The number of nitrogens with two attached hydrogens (primary N) is 1. The van der Waals surface area contributed by atoms with Crippen molar-refractivity contribution in [2.75, 3.05) is 0 Å². The number of hydrogen-bond acceptors (Lipinski definition) is 2. The van der Waals surface area contributed by atoms with Gasteiger partial charge >= 0.3 is 0 Å². The first-order chi connectivity index (χ1) is 4.74. The molecule has 0 aromatic carbocycles. The third-order valence-electron chi connectivity index (χ3n) is 2.24. The van der Waals surface area contributed by atoms with Gasteiger partial charge in [-0.05, 0) is 25.2 Å². The smallest absolute Gasteiger partial charge is 0.0747 e. The number of aliphatic hydroxyl groups is 1. The van der Waals surface area contributed by atoms with Gasteiger partial charge in [0, 0.05) is 6.04 Å². The highest BCUT2D eigenvalue weighted by atomic mass is 16.3. The summed E-state index contributed by atoms with van der Waals surface area (Å²) in [5.41, 5.74) is 5.67. The summed E-state index contributed by atoms with van der Waals surface area (Å²) in [5.74, 6) is 0.368. The molecule has 0 aromatic heterocycles. The highest BCUT2D eigenvalue weighted by molar-refractivity contribution is 4.90. The summed E-state index contributed by atoms with van der Waals surface area (Å²) in [6.07, 6.45) is 4.31. The largest absolute Gasteiger partial charge is 0.389 e. The first-order valence-corrected chi connectivity index (χ1v) is 3.80. The molecule has 0 saturated heterocycles. The zero-order chi connectivity index (χ0) is 7.56. The van der Waals surface area contributed by atoms with Crippen molar-refractivity contribution in [2.24, 2.45) is 11.7 Å². The van der Waals surface area contributed by atoms with Gasteiger partial charge < -0.3 is 10.8 Å². The van der Waals surface area contributed by atoms with Crippen molar-refractivity contribution in [3.05, 3.63) is 12.7 Å². The lowest BCUT2D eigenvalue weighted by Crippen LogP contribution is -2.19. The fourth-order valence-electron chi connectivity index (χ4n) is 1.56. The number of aliphatic hydroxyl groups excluding tert-OH is 1. The first kappa shape index (κ1) is 7.76. The van der Waals surface area contributed by atoms with E-state index in [9.17, 15) is 5.11 Å². The molecule has 0 radical (unpaired) electrons. The SMILES string of the molecule is C=CC(O)C1CCC(N)C1. The van der Waals surface area contributed by atoms with Gasteiger partial charge in [-0.25, -0.2) is 0 Å². The van der Waals surface area contributed by atoms with Crippen LogP contribution in [-0.2, 0) is 0 Å². The summed E-state index contributed by atoms with van der Waals surface area (Å²) >= 11 is 0. The molecule has 3 unspecified atom stereocenters. The highest BCUT2D eigenvalue weighted by Crippen LogP contribution is 2.27. The maximum Gasteiger partial charge on any atom is 0.0747 e. The van der Waals surface area contributed by atoms with E-state index in [1.165, 1.54) is 0 Å². The monoisotopic (exact) mass is 141 g/mol. The molecule has 1 saturated carbocycles. The minimum absolute atomic E-state index is 0.305. The van der Waals surface area contributed by atoms with Crippen LogP contribution in [0.4, 0.5) is 0 Å².